The minimum absolute atomic E-state index is 0.00232. The highest BCUT2D eigenvalue weighted by atomic mass is 16.6. The van der Waals surface area contributed by atoms with Crippen molar-refractivity contribution in [2.75, 3.05) is 0 Å². The molecule has 0 fully saturated rings. The Morgan fingerprint density at radius 3 is 1.67 bits per heavy atom. The van der Waals surface area contributed by atoms with Crippen LogP contribution in [-0.2, 0) is 14.3 Å². The van der Waals surface area contributed by atoms with E-state index >= 15 is 0 Å². The summed E-state index contributed by atoms with van der Waals surface area (Å²) in [4.78, 5) is 90.6. The number of rotatable bonds is 9. The number of alkyl carbamates (subject to hydrolysis) is 1. The molecule has 0 spiro atoms. The number of ketones is 6. The quantitative estimate of drug-likeness (QED) is 0.389. The van der Waals surface area contributed by atoms with Crippen molar-refractivity contribution in [1.82, 2.24) is 5.32 Å². The summed E-state index contributed by atoms with van der Waals surface area (Å²) in [7, 11) is 0. The number of carbonyl (C=O) groups is 7. The lowest BCUT2D eigenvalue weighted by Crippen LogP contribution is -2.50. The van der Waals surface area contributed by atoms with Crippen molar-refractivity contribution >= 4 is 40.8 Å². The normalized spacial score (nSPS) is 18.5. The molecule has 0 saturated carbocycles. The second-order valence-electron chi connectivity index (χ2n) is 12.7. The van der Waals surface area contributed by atoms with Gasteiger partial charge in [0.2, 0.25) is 0 Å². The van der Waals surface area contributed by atoms with Gasteiger partial charge in [0.1, 0.15) is 28.9 Å². The molecule has 3 atom stereocenters. The maximum absolute atomic E-state index is 13.4. The van der Waals surface area contributed by atoms with Crippen LogP contribution in [0.2, 0.25) is 0 Å². The lowest BCUT2D eigenvalue weighted by molar-refractivity contribution is -0.123. The van der Waals surface area contributed by atoms with Gasteiger partial charge < -0.3 is 14.8 Å². The van der Waals surface area contributed by atoms with Gasteiger partial charge in [-0.1, -0.05) is 27.7 Å². The van der Waals surface area contributed by atoms with Crippen molar-refractivity contribution in [2.45, 2.75) is 66.5 Å². The predicted molar refractivity (Wildman–Crippen MR) is 155 cm³/mol. The fraction of sp³-hybridized carbons (Fsp3) is 0.424. The number of benzene rings is 2. The molecular weight excluding hydrogens is 554 g/mol. The number of nitrogens with one attached hydrogen (secondary N) is 1. The summed E-state index contributed by atoms with van der Waals surface area (Å²) in [5.41, 5.74) is -0.534. The van der Waals surface area contributed by atoms with Crippen molar-refractivity contribution < 1.29 is 43.0 Å². The van der Waals surface area contributed by atoms with E-state index in [0.29, 0.717) is 0 Å². The first-order valence-corrected chi connectivity index (χ1v) is 14.2. The van der Waals surface area contributed by atoms with Crippen LogP contribution in [0.25, 0.3) is 0 Å². The topological polar surface area (TPSA) is 150 Å². The molecule has 0 aromatic heterocycles. The van der Waals surface area contributed by atoms with Gasteiger partial charge >= 0.3 is 6.09 Å². The van der Waals surface area contributed by atoms with Gasteiger partial charge in [0.15, 0.2) is 34.7 Å². The van der Waals surface area contributed by atoms with E-state index in [1.54, 1.807) is 34.6 Å². The Labute approximate surface area is 249 Å². The van der Waals surface area contributed by atoms with E-state index in [-0.39, 0.29) is 46.1 Å². The number of hydrogen-bond donors (Lipinski definition) is 1. The van der Waals surface area contributed by atoms with Crippen LogP contribution in [0.3, 0.4) is 0 Å². The second-order valence-corrected chi connectivity index (χ2v) is 12.7. The van der Waals surface area contributed by atoms with E-state index in [4.69, 9.17) is 9.47 Å². The third-order valence-electron chi connectivity index (χ3n) is 7.19. The van der Waals surface area contributed by atoms with E-state index in [1.165, 1.54) is 36.4 Å². The van der Waals surface area contributed by atoms with Crippen molar-refractivity contribution in [3.05, 3.63) is 58.7 Å². The Morgan fingerprint density at radius 1 is 0.744 bits per heavy atom. The summed E-state index contributed by atoms with van der Waals surface area (Å²) in [6.07, 6.45) is -0.726. The molecule has 226 valence electrons. The van der Waals surface area contributed by atoms with Gasteiger partial charge in [-0.3, -0.25) is 28.8 Å². The molecule has 2 aliphatic rings. The Balaban J connectivity index is 1.54. The lowest BCUT2D eigenvalue weighted by atomic mass is 9.88. The van der Waals surface area contributed by atoms with Crippen LogP contribution in [-0.4, -0.2) is 52.4 Å². The summed E-state index contributed by atoms with van der Waals surface area (Å²) >= 11 is 0. The zero-order chi connectivity index (χ0) is 32.0. The van der Waals surface area contributed by atoms with Crippen LogP contribution in [0.1, 0.15) is 96.3 Å². The number of Topliss-reactive ketones (excluding diaryl/α,β-unsaturated/α-hetero) is 6. The Bertz CT molecular complexity index is 1560. The molecule has 10 heteroatoms. The van der Waals surface area contributed by atoms with Crippen LogP contribution in [0.4, 0.5) is 4.79 Å². The van der Waals surface area contributed by atoms with E-state index < -0.39 is 70.2 Å². The summed E-state index contributed by atoms with van der Waals surface area (Å²) in [5.74, 6) is -6.74. The number of carbonyl (C=O) groups excluding carboxylic acids is 7. The molecule has 1 N–H and O–H groups in total. The third kappa shape index (κ3) is 6.33. The van der Waals surface area contributed by atoms with E-state index in [1.807, 2.05) is 13.8 Å². The molecular formula is C33H35NO9. The highest BCUT2D eigenvalue weighted by molar-refractivity contribution is 6.37. The molecule has 0 heterocycles. The van der Waals surface area contributed by atoms with Crippen molar-refractivity contribution in [1.29, 1.82) is 0 Å². The smallest absolute Gasteiger partial charge is 0.408 e. The first-order chi connectivity index (χ1) is 20.0. The molecule has 0 aliphatic heterocycles. The molecule has 0 bridgehead atoms. The van der Waals surface area contributed by atoms with Gasteiger partial charge in [-0.15, -0.1) is 0 Å². The van der Waals surface area contributed by atoms with E-state index in [0.717, 1.165) is 0 Å². The van der Waals surface area contributed by atoms with Gasteiger partial charge in [-0.05, 0) is 69.0 Å². The number of ether oxygens (including phenoxy) is 2. The molecule has 10 nitrogen and oxygen atoms in total. The molecule has 0 saturated heterocycles. The molecule has 2 aromatic carbocycles. The second kappa shape index (κ2) is 11.7. The van der Waals surface area contributed by atoms with E-state index in [2.05, 4.69) is 5.32 Å². The Hall–Kier alpha value is -4.47. The monoisotopic (exact) mass is 589 g/mol. The fourth-order valence-corrected chi connectivity index (χ4v) is 5.26. The first-order valence-electron chi connectivity index (χ1n) is 14.2. The minimum atomic E-state index is -1.63. The highest BCUT2D eigenvalue weighted by Gasteiger charge is 2.47. The van der Waals surface area contributed by atoms with Crippen molar-refractivity contribution in [3.8, 4) is 11.5 Å². The van der Waals surface area contributed by atoms with Crippen LogP contribution in [0, 0.1) is 23.7 Å². The van der Waals surface area contributed by atoms with Gasteiger partial charge in [-0.2, -0.15) is 0 Å². The molecule has 4 rings (SSSR count). The average Bonchev–Trinajstić information content (AvgIpc) is 3.28. The maximum atomic E-state index is 13.4. The average molecular weight is 590 g/mol. The van der Waals surface area contributed by atoms with Crippen molar-refractivity contribution in [2.24, 2.45) is 23.7 Å². The highest BCUT2D eigenvalue weighted by Crippen LogP contribution is 2.36. The van der Waals surface area contributed by atoms with Crippen LogP contribution < -0.4 is 10.1 Å². The fourth-order valence-electron chi connectivity index (χ4n) is 5.26. The van der Waals surface area contributed by atoms with Gasteiger partial charge in [0, 0.05) is 28.7 Å². The Morgan fingerprint density at radius 2 is 1.21 bits per heavy atom. The predicted octanol–water partition coefficient (Wildman–Crippen LogP) is 5.20. The largest absolute Gasteiger partial charge is 0.457 e. The molecule has 2 aromatic rings. The summed E-state index contributed by atoms with van der Waals surface area (Å²) in [6.45, 7) is 12.0. The maximum Gasteiger partial charge on any atom is 0.408 e. The lowest BCUT2D eigenvalue weighted by Gasteiger charge is -2.26. The van der Waals surface area contributed by atoms with Crippen molar-refractivity contribution in [3.63, 3.8) is 0 Å². The number of fused-ring (bicyclic) bond motifs is 2. The molecule has 1 amide bonds. The SMILES string of the molecule is CC(C)CC(=O)C1C(=O)c2ccc(Oc3ccc4c(c3)C(=O)C(C(=O)C(NC(=O)OC(C)(C)C)C(C)C)C4=O)cc2C1=O. The zero-order valence-electron chi connectivity index (χ0n) is 25.2. The Kier molecular flexibility index (Phi) is 8.53. The zero-order valence-corrected chi connectivity index (χ0v) is 25.2. The number of amides is 1. The summed E-state index contributed by atoms with van der Waals surface area (Å²) in [6, 6.07) is 7.30. The van der Waals surface area contributed by atoms with Gasteiger partial charge in [0.25, 0.3) is 0 Å². The van der Waals surface area contributed by atoms with E-state index in [9.17, 15) is 33.6 Å². The number of hydrogen-bond acceptors (Lipinski definition) is 9. The minimum Gasteiger partial charge on any atom is -0.457 e. The summed E-state index contributed by atoms with van der Waals surface area (Å²) < 4.78 is 11.1. The standard InChI is InChI=1S/C33H35NO9/c1-15(2)12-23(35)24-27(36)19-10-8-17(13-21(19)29(24)38)42-18-9-11-20-22(14-18)30(39)25(28(20)37)31(40)26(16(3)4)34-32(41)43-33(5,6)7/h8-11,13-16,24-26H,12H2,1-7H3,(H,34,41). The third-order valence-corrected chi connectivity index (χ3v) is 7.19. The first kappa shape index (κ1) is 31.5. The molecule has 3 unspecified atom stereocenters. The van der Waals surface area contributed by atoms with Crippen LogP contribution in [0.15, 0.2) is 36.4 Å². The van der Waals surface area contributed by atoms with Gasteiger partial charge in [0.05, 0.1) is 6.04 Å². The summed E-state index contributed by atoms with van der Waals surface area (Å²) in [5, 5.41) is 2.50. The molecule has 2 aliphatic carbocycles. The molecule has 43 heavy (non-hydrogen) atoms. The van der Waals surface area contributed by atoms with Crippen LogP contribution in [0.5, 0.6) is 11.5 Å². The molecule has 0 radical (unpaired) electrons. The van der Waals surface area contributed by atoms with Crippen LogP contribution >= 0.6 is 0 Å². The van der Waals surface area contributed by atoms with Gasteiger partial charge in [-0.25, -0.2) is 4.79 Å².